The van der Waals surface area contributed by atoms with Crippen LogP contribution in [0.3, 0.4) is 0 Å². The fourth-order valence-corrected chi connectivity index (χ4v) is 4.81. The first-order chi connectivity index (χ1) is 14.6. The number of hydrogen-bond acceptors (Lipinski definition) is 6. The van der Waals surface area contributed by atoms with Gasteiger partial charge in [0.05, 0.1) is 18.4 Å². The van der Waals surface area contributed by atoms with Gasteiger partial charge in [-0.25, -0.2) is 9.97 Å². The summed E-state index contributed by atoms with van der Waals surface area (Å²) in [5, 5.41) is 1.14. The first kappa shape index (κ1) is 20.6. The van der Waals surface area contributed by atoms with Crippen molar-refractivity contribution in [1.82, 2.24) is 14.9 Å². The van der Waals surface area contributed by atoms with Crippen molar-refractivity contribution in [1.29, 1.82) is 0 Å². The van der Waals surface area contributed by atoms with Gasteiger partial charge in [-0.05, 0) is 44.0 Å². The number of hydrogen-bond donors (Lipinski definition) is 0. The fourth-order valence-electron chi connectivity index (χ4n) is 3.80. The van der Waals surface area contributed by atoms with Crippen LogP contribution < -0.4 is 9.64 Å². The van der Waals surface area contributed by atoms with Gasteiger partial charge in [-0.1, -0.05) is 19.1 Å². The Morgan fingerprint density at radius 1 is 1.10 bits per heavy atom. The SMILES string of the molecule is CCOc1ccc(CC(=O)N2CCN(c3nc(C)nc4sc(CC)cc34)CC2)cc1. The summed E-state index contributed by atoms with van der Waals surface area (Å²) in [4.78, 5) is 28.8. The number of piperazine rings is 1. The molecule has 0 N–H and O–H groups in total. The van der Waals surface area contributed by atoms with Crippen LogP contribution in [-0.4, -0.2) is 53.6 Å². The third kappa shape index (κ3) is 4.41. The van der Waals surface area contributed by atoms with E-state index in [1.165, 1.54) is 4.88 Å². The lowest BCUT2D eigenvalue weighted by Gasteiger charge is -2.35. The molecule has 1 amide bonds. The highest BCUT2D eigenvalue weighted by atomic mass is 32.1. The number of fused-ring (bicyclic) bond motifs is 1. The van der Waals surface area contributed by atoms with Crippen molar-refractivity contribution in [3.8, 4) is 5.75 Å². The molecule has 1 aromatic carbocycles. The molecule has 0 spiro atoms. The minimum atomic E-state index is 0.173. The van der Waals surface area contributed by atoms with Gasteiger partial charge in [0.1, 0.15) is 22.2 Å². The molecule has 4 rings (SSSR count). The van der Waals surface area contributed by atoms with E-state index < -0.39 is 0 Å². The molecule has 3 aromatic rings. The van der Waals surface area contributed by atoms with Gasteiger partial charge in [0, 0.05) is 31.1 Å². The van der Waals surface area contributed by atoms with Gasteiger partial charge in [-0.3, -0.25) is 4.79 Å². The zero-order valence-corrected chi connectivity index (χ0v) is 18.7. The van der Waals surface area contributed by atoms with Gasteiger partial charge in [0.25, 0.3) is 0 Å². The smallest absolute Gasteiger partial charge is 0.227 e. The van der Waals surface area contributed by atoms with Crippen LogP contribution >= 0.6 is 11.3 Å². The van der Waals surface area contributed by atoms with Crippen LogP contribution in [0.2, 0.25) is 0 Å². The molecule has 30 heavy (non-hydrogen) atoms. The predicted octanol–water partition coefficient (Wildman–Crippen LogP) is 3.85. The zero-order chi connectivity index (χ0) is 21.1. The van der Waals surface area contributed by atoms with Crippen LogP contribution in [0.1, 0.15) is 30.1 Å². The van der Waals surface area contributed by atoms with E-state index in [1.54, 1.807) is 11.3 Å². The summed E-state index contributed by atoms with van der Waals surface area (Å²) in [6, 6.07) is 10.0. The molecule has 158 valence electrons. The van der Waals surface area contributed by atoms with E-state index >= 15 is 0 Å². The van der Waals surface area contributed by atoms with Gasteiger partial charge >= 0.3 is 0 Å². The summed E-state index contributed by atoms with van der Waals surface area (Å²) in [5.74, 6) is 2.82. The van der Waals surface area contributed by atoms with Gasteiger partial charge in [0.2, 0.25) is 5.91 Å². The second-order valence-corrected chi connectivity index (χ2v) is 8.62. The molecule has 1 aliphatic rings. The highest BCUT2D eigenvalue weighted by molar-refractivity contribution is 7.18. The van der Waals surface area contributed by atoms with Crippen molar-refractivity contribution in [2.45, 2.75) is 33.6 Å². The molecule has 2 aromatic heterocycles. The number of nitrogens with zero attached hydrogens (tertiary/aromatic N) is 4. The summed E-state index contributed by atoms with van der Waals surface area (Å²) in [6.07, 6.45) is 1.43. The van der Waals surface area contributed by atoms with Crippen LogP contribution in [0.5, 0.6) is 5.75 Å². The first-order valence-electron chi connectivity index (χ1n) is 10.6. The number of carbonyl (C=O) groups excluding carboxylic acids is 1. The van der Waals surface area contributed by atoms with Crippen LogP contribution in [0.25, 0.3) is 10.2 Å². The lowest BCUT2D eigenvalue weighted by Crippen LogP contribution is -2.49. The van der Waals surface area contributed by atoms with E-state index in [2.05, 4.69) is 22.9 Å². The number of aryl methyl sites for hydroxylation is 2. The summed E-state index contributed by atoms with van der Waals surface area (Å²) >= 11 is 1.75. The first-order valence-corrected chi connectivity index (χ1v) is 11.4. The lowest BCUT2D eigenvalue weighted by atomic mass is 10.1. The molecule has 0 aliphatic carbocycles. The summed E-state index contributed by atoms with van der Waals surface area (Å²) in [7, 11) is 0. The van der Waals surface area contributed by atoms with Crippen LogP contribution in [0.4, 0.5) is 5.82 Å². The Hall–Kier alpha value is -2.67. The summed E-state index contributed by atoms with van der Waals surface area (Å²) in [6.45, 7) is 9.73. The normalized spacial score (nSPS) is 14.4. The third-order valence-electron chi connectivity index (χ3n) is 5.41. The number of rotatable bonds is 6. The van der Waals surface area contributed by atoms with Crippen LogP contribution in [-0.2, 0) is 17.6 Å². The second-order valence-electron chi connectivity index (χ2n) is 7.50. The topological polar surface area (TPSA) is 58.6 Å². The molecular weight excluding hydrogens is 396 g/mol. The van der Waals surface area contributed by atoms with Gasteiger partial charge < -0.3 is 14.5 Å². The lowest BCUT2D eigenvalue weighted by molar-refractivity contribution is -0.130. The minimum absolute atomic E-state index is 0.173. The molecule has 3 heterocycles. The molecule has 1 aliphatic heterocycles. The summed E-state index contributed by atoms with van der Waals surface area (Å²) in [5.41, 5.74) is 1.02. The molecule has 0 radical (unpaired) electrons. The third-order valence-corrected chi connectivity index (χ3v) is 6.58. The van der Waals surface area contributed by atoms with E-state index in [4.69, 9.17) is 9.72 Å². The van der Waals surface area contributed by atoms with Crippen molar-refractivity contribution in [3.05, 3.63) is 46.6 Å². The van der Waals surface area contributed by atoms with Gasteiger partial charge in [-0.15, -0.1) is 11.3 Å². The maximum Gasteiger partial charge on any atom is 0.227 e. The van der Waals surface area contributed by atoms with E-state index in [0.29, 0.717) is 26.1 Å². The Balaban J connectivity index is 1.40. The quantitative estimate of drug-likeness (QED) is 0.602. The number of aromatic nitrogens is 2. The van der Waals surface area contributed by atoms with Crippen molar-refractivity contribution in [3.63, 3.8) is 0 Å². The molecular formula is C23H28N4O2S. The number of thiophene rings is 1. The number of amides is 1. The Kier molecular flexibility index (Phi) is 6.18. The van der Waals surface area contributed by atoms with Crippen molar-refractivity contribution in [2.75, 3.05) is 37.7 Å². The maximum atomic E-state index is 12.8. The average Bonchev–Trinajstić information content (AvgIpc) is 3.18. The highest BCUT2D eigenvalue weighted by Gasteiger charge is 2.24. The second kappa shape index (κ2) is 9.00. The molecule has 0 saturated carbocycles. The van der Waals surface area contributed by atoms with E-state index in [-0.39, 0.29) is 5.91 Å². The molecule has 0 atom stereocenters. The Labute approximate surface area is 181 Å². The van der Waals surface area contributed by atoms with Crippen LogP contribution in [0, 0.1) is 6.92 Å². The number of carbonyl (C=O) groups is 1. The van der Waals surface area contributed by atoms with Crippen LogP contribution in [0.15, 0.2) is 30.3 Å². The van der Waals surface area contributed by atoms with E-state index in [0.717, 1.165) is 52.7 Å². The largest absolute Gasteiger partial charge is 0.494 e. The standard InChI is InChI=1S/C23H28N4O2S/c1-4-19-15-20-22(24-16(3)25-23(20)30-19)27-12-10-26(11-13-27)21(28)14-17-6-8-18(9-7-17)29-5-2/h6-9,15H,4-5,10-14H2,1-3H3. The minimum Gasteiger partial charge on any atom is -0.494 e. The fraction of sp³-hybridized carbons (Fsp3) is 0.435. The molecule has 6 nitrogen and oxygen atoms in total. The Morgan fingerprint density at radius 2 is 1.83 bits per heavy atom. The molecule has 1 saturated heterocycles. The average molecular weight is 425 g/mol. The van der Waals surface area contributed by atoms with Crippen molar-refractivity contribution >= 4 is 33.3 Å². The monoisotopic (exact) mass is 424 g/mol. The number of anilines is 1. The molecule has 1 fully saturated rings. The summed E-state index contributed by atoms with van der Waals surface area (Å²) < 4.78 is 5.47. The van der Waals surface area contributed by atoms with Crippen molar-refractivity contribution in [2.24, 2.45) is 0 Å². The highest BCUT2D eigenvalue weighted by Crippen LogP contribution is 2.31. The molecule has 7 heteroatoms. The zero-order valence-electron chi connectivity index (χ0n) is 17.9. The number of ether oxygens (including phenoxy) is 1. The Morgan fingerprint density at radius 3 is 2.50 bits per heavy atom. The van der Waals surface area contributed by atoms with E-state index in [1.807, 2.05) is 43.0 Å². The Bertz CT molecular complexity index is 1020. The predicted molar refractivity (Wildman–Crippen MR) is 122 cm³/mol. The molecule has 0 bridgehead atoms. The molecule has 0 unspecified atom stereocenters. The maximum absolute atomic E-state index is 12.8. The van der Waals surface area contributed by atoms with Gasteiger partial charge in [-0.2, -0.15) is 0 Å². The van der Waals surface area contributed by atoms with Crippen molar-refractivity contribution < 1.29 is 9.53 Å². The van der Waals surface area contributed by atoms with E-state index in [9.17, 15) is 4.79 Å². The van der Waals surface area contributed by atoms with Gasteiger partial charge in [0.15, 0.2) is 0 Å². The number of benzene rings is 1.